The summed E-state index contributed by atoms with van der Waals surface area (Å²) < 4.78 is 0. The van der Waals surface area contributed by atoms with Gasteiger partial charge in [-0.3, -0.25) is 9.97 Å². The first-order chi connectivity index (χ1) is 23.8. The van der Waals surface area contributed by atoms with Gasteiger partial charge in [-0.2, -0.15) is 0 Å². The van der Waals surface area contributed by atoms with E-state index in [1.807, 2.05) is 61.2 Å². The molecule has 0 fully saturated rings. The third kappa shape index (κ3) is 4.84. The number of hydrogen-bond donors (Lipinski definition) is 2. The van der Waals surface area contributed by atoms with Crippen LogP contribution in [0.1, 0.15) is 22.8 Å². The molecule has 5 aromatic heterocycles. The fourth-order valence-corrected chi connectivity index (χ4v) is 6.67. The second-order valence-electron chi connectivity index (χ2n) is 11.7. The molecule has 0 aliphatic carbocycles. The Bertz CT molecular complexity index is 2180. The van der Waals surface area contributed by atoms with E-state index in [0.29, 0.717) is 0 Å². The van der Waals surface area contributed by atoms with Gasteiger partial charge in [0.05, 0.1) is 22.8 Å². The fourth-order valence-electron chi connectivity index (χ4n) is 6.67. The summed E-state index contributed by atoms with van der Waals surface area (Å²) in [5.41, 5.74) is 15.6. The number of pyridine rings is 2. The van der Waals surface area contributed by atoms with Gasteiger partial charge in [-0.15, -0.1) is 0 Å². The predicted molar refractivity (Wildman–Crippen MR) is 196 cm³/mol. The largest absolute Gasteiger partial charge is 0.354 e. The first kappa shape index (κ1) is 27.6. The Morgan fingerprint density at radius 3 is 0.917 bits per heavy atom. The van der Waals surface area contributed by atoms with Gasteiger partial charge in [0.25, 0.3) is 0 Å². The molecular weight excluding hydrogens is 589 g/mol. The van der Waals surface area contributed by atoms with E-state index >= 15 is 0 Å². The van der Waals surface area contributed by atoms with Gasteiger partial charge in [0.2, 0.25) is 0 Å². The van der Waals surface area contributed by atoms with Gasteiger partial charge in [-0.25, -0.2) is 9.97 Å². The molecule has 2 aliphatic rings. The zero-order chi connectivity index (χ0) is 31.9. The van der Waals surface area contributed by atoms with E-state index in [4.69, 9.17) is 9.97 Å². The normalized spacial score (nSPS) is 12.0. The SMILES string of the molecule is C1=Cc2nc1c(-c1ccccc1)c1ccc([nH]1)c(-c1ccncc1)c1nc(c(-c3ccccc3)c3ccc([nH]3)c2-c2ccncc2)C=C1. The van der Waals surface area contributed by atoms with Gasteiger partial charge in [0, 0.05) is 69.1 Å². The standard InChI is InChI=1S/C42H28N6/c1-3-7-27(8-4-1)39-31-11-15-35(45-31)41(29-19-23-43-24-20-29)37-17-13-33(47-37)40(28-9-5-2-6-10-28)34-14-18-38(48-34)42(30-21-25-44-26-22-30)36-16-12-32(39)46-36/h1-26,45,48H. The quantitative estimate of drug-likeness (QED) is 0.206. The van der Waals surface area contributed by atoms with Crippen molar-refractivity contribution in [2.75, 3.05) is 0 Å². The van der Waals surface area contributed by atoms with Crippen LogP contribution in [-0.2, 0) is 0 Å². The van der Waals surface area contributed by atoms with Gasteiger partial charge in [0.15, 0.2) is 0 Å². The third-order valence-corrected chi connectivity index (χ3v) is 8.82. The highest BCUT2D eigenvalue weighted by atomic mass is 14.8. The van der Waals surface area contributed by atoms with Crippen LogP contribution < -0.4 is 0 Å². The highest BCUT2D eigenvalue weighted by molar-refractivity contribution is 5.99. The van der Waals surface area contributed by atoms with Crippen molar-refractivity contribution in [3.63, 3.8) is 0 Å². The molecule has 6 heteroatoms. The number of rotatable bonds is 4. The number of H-pyrrole nitrogens is 2. The van der Waals surface area contributed by atoms with Crippen LogP contribution in [0.25, 0.3) is 90.9 Å². The minimum absolute atomic E-state index is 0.871. The van der Waals surface area contributed by atoms with Crippen LogP contribution in [0, 0.1) is 0 Å². The number of fused-ring (bicyclic) bond motifs is 8. The second kappa shape index (κ2) is 11.6. The lowest BCUT2D eigenvalue weighted by atomic mass is 10.0. The number of nitrogens with one attached hydrogen (secondary N) is 2. The number of benzene rings is 2. The van der Waals surface area contributed by atoms with Crippen molar-refractivity contribution in [3.8, 4) is 44.5 Å². The minimum atomic E-state index is 0.871. The average Bonchev–Trinajstić information content (AvgIpc) is 3.98. The van der Waals surface area contributed by atoms with Gasteiger partial charge in [0.1, 0.15) is 0 Å². The summed E-state index contributed by atoms with van der Waals surface area (Å²) in [5, 5.41) is 0. The molecule has 0 saturated heterocycles. The molecule has 2 N–H and O–H groups in total. The van der Waals surface area contributed by atoms with Crippen molar-refractivity contribution in [1.82, 2.24) is 29.9 Å². The van der Waals surface area contributed by atoms with E-state index in [-0.39, 0.29) is 0 Å². The van der Waals surface area contributed by atoms with Crippen molar-refractivity contribution in [1.29, 1.82) is 0 Å². The molecule has 0 atom stereocenters. The molecule has 6 nitrogen and oxygen atoms in total. The highest BCUT2D eigenvalue weighted by Gasteiger charge is 2.18. The molecule has 0 unspecified atom stereocenters. The van der Waals surface area contributed by atoms with Crippen molar-refractivity contribution >= 4 is 46.4 Å². The fraction of sp³-hybridized carbons (Fsp3) is 0. The van der Waals surface area contributed by atoms with Crippen LogP contribution in [0.4, 0.5) is 0 Å². The number of aromatic amines is 2. The molecule has 0 saturated carbocycles. The predicted octanol–water partition coefficient (Wildman–Crippen LogP) is 10.1. The monoisotopic (exact) mass is 616 g/mol. The van der Waals surface area contributed by atoms with E-state index in [1.165, 1.54) is 0 Å². The zero-order valence-corrected chi connectivity index (χ0v) is 25.8. The lowest BCUT2D eigenvalue weighted by Gasteiger charge is -2.06. The molecule has 7 aromatic rings. The summed E-state index contributed by atoms with van der Waals surface area (Å²) in [6.45, 7) is 0. The van der Waals surface area contributed by atoms with E-state index in [0.717, 1.165) is 89.4 Å². The zero-order valence-electron chi connectivity index (χ0n) is 25.8. The maximum Gasteiger partial charge on any atom is 0.0737 e. The van der Waals surface area contributed by atoms with Crippen LogP contribution in [0.3, 0.4) is 0 Å². The Labute approximate surface area is 276 Å². The molecule has 0 radical (unpaired) electrons. The van der Waals surface area contributed by atoms with Crippen LogP contribution in [0.5, 0.6) is 0 Å². The molecule has 226 valence electrons. The molecule has 8 bridgehead atoms. The summed E-state index contributed by atoms with van der Waals surface area (Å²) in [7, 11) is 0. The summed E-state index contributed by atoms with van der Waals surface area (Å²) >= 11 is 0. The lowest BCUT2D eigenvalue weighted by molar-refractivity contribution is 1.29. The number of aromatic nitrogens is 6. The highest BCUT2D eigenvalue weighted by Crippen LogP contribution is 2.38. The Morgan fingerprint density at radius 2 is 0.604 bits per heavy atom. The van der Waals surface area contributed by atoms with Crippen molar-refractivity contribution in [2.24, 2.45) is 0 Å². The Hall–Kier alpha value is -6.66. The minimum Gasteiger partial charge on any atom is -0.354 e. The molecule has 0 spiro atoms. The van der Waals surface area contributed by atoms with E-state index < -0.39 is 0 Å². The Morgan fingerprint density at radius 1 is 0.312 bits per heavy atom. The maximum atomic E-state index is 5.32. The number of hydrogen-bond acceptors (Lipinski definition) is 4. The first-order valence-corrected chi connectivity index (χ1v) is 15.9. The Balaban J connectivity index is 1.49. The smallest absolute Gasteiger partial charge is 0.0737 e. The second-order valence-corrected chi connectivity index (χ2v) is 11.7. The maximum absolute atomic E-state index is 5.32. The molecule has 48 heavy (non-hydrogen) atoms. The molecule has 2 aromatic carbocycles. The molecule has 7 heterocycles. The van der Waals surface area contributed by atoms with Crippen LogP contribution in [0.15, 0.2) is 134 Å². The average molecular weight is 617 g/mol. The molecular formula is C42H28N6. The molecule has 2 aliphatic heterocycles. The summed E-state index contributed by atoms with van der Waals surface area (Å²) in [6, 6.07) is 37.5. The van der Waals surface area contributed by atoms with Crippen LogP contribution in [0.2, 0.25) is 0 Å². The van der Waals surface area contributed by atoms with Gasteiger partial charge < -0.3 is 9.97 Å². The van der Waals surface area contributed by atoms with Gasteiger partial charge in [-0.1, -0.05) is 60.7 Å². The third-order valence-electron chi connectivity index (χ3n) is 8.82. The van der Waals surface area contributed by atoms with Crippen molar-refractivity contribution in [3.05, 3.63) is 157 Å². The topological polar surface area (TPSA) is 83.1 Å². The summed E-state index contributed by atoms with van der Waals surface area (Å²) in [4.78, 5) is 26.8. The molecule has 9 rings (SSSR count). The summed E-state index contributed by atoms with van der Waals surface area (Å²) in [5.74, 6) is 0. The van der Waals surface area contributed by atoms with Gasteiger partial charge in [-0.05, 0) is 95.1 Å². The lowest BCUT2D eigenvalue weighted by Crippen LogP contribution is -1.89. The number of nitrogens with zero attached hydrogens (tertiary/aromatic N) is 4. The van der Waals surface area contributed by atoms with Crippen molar-refractivity contribution in [2.45, 2.75) is 0 Å². The van der Waals surface area contributed by atoms with Crippen molar-refractivity contribution < 1.29 is 0 Å². The van der Waals surface area contributed by atoms with E-state index in [2.05, 4.69) is 117 Å². The van der Waals surface area contributed by atoms with Crippen LogP contribution in [-0.4, -0.2) is 29.9 Å². The summed E-state index contributed by atoms with van der Waals surface area (Å²) in [6.07, 6.45) is 15.7. The van der Waals surface area contributed by atoms with E-state index in [9.17, 15) is 0 Å². The van der Waals surface area contributed by atoms with Gasteiger partial charge >= 0.3 is 0 Å². The first-order valence-electron chi connectivity index (χ1n) is 15.9. The molecule has 0 amide bonds. The Kier molecular flexibility index (Phi) is 6.68. The van der Waals surface area contributed by atoms with Crippen LogP contribution >= 0.6 is 0 Å². The van der Waals surface area contributed by atoms with E-state index in [1.54, 1.807) is 0 Å².